The molecule has 7 heteroatoms. The fourth-order valence-electron chi connectivity index (χ4n) is 5.47. The Morgan fingerprint density at radius 1 is 1.30 bits per heavy atom. The number of hydrogen-bond acceptors (Lipinski definition) is 5. The summed E-state index contributed by atoms with van der Waals surface area (Å²) in [4.78, 5) is 12.1. The van der Waals surface area contributed by atoms with E-state index in [2.05, 4.69) is 32.0 Å². The zero-order valence-electron chi connectivity index (χ0n) is 16.3. The largest absolute Gasteiger partial charge is 2.00 e. The maximum atomic E-state index is 12.1. The molecule has 2 aliphatic rings. The first-order valence-electron chi connectivity index (χ1n) is 9.28. The summed E-state index contributed by atoms with van der Waals surface area (Å²) in [7, 11) is -4.67. The van der Waals surface area contributed by atoms with Crippen molar-refractivity contribution in [2.45, 2.75) is 64.2 Å². The number of aliphatic carboxylic acids is 1. The fraction of sp³-hybridized carbons (Fsp3) is 0.650. The first-order chi connectivity index (χ1) is 12.0. The first kappa shape index (κ1) is 22.5. The van der Waals surface area contributed by atoms with Crippen LogP contribution in [0.2, 0.25) is 0 Å². The maximum Gasteiger partial charge on any atom is 2.00 e. The predicted molar refractivity (Wildman–Crippen MR) is 95.5 cm³/mol. The molecule has 0 radical (unpaired) electrons. The number of benzene rings is 1. The average molecular weight is 444 g/mol. The second-order valence-electron chi connectivity index (χ2n) is 8.58. The van der Waals surface area contributed by atoms with Crippen molar-refractivity contribution in [2.75, 3.05) is 5.75 Å². The summed E-state index contributed by atoms with van der Waals surface area (Å²) in [5.74, 6) is -2.27. The predicted octanol–water partition coefficient (Wildman–Crippen LogP) is 2.09. The summed E-state index contributed by atoms with van der Waals surface area (Å²) in [6.07, 6.45) is 2.82. The number of fused-ring (bicyclic) bond motifs is 3. The molecule has 0 aliphatic heterocycles. The number of hydrogen-bond donors (Lipinski definition) is 0. The monoisotopic (exact) mass is 442 g/mol. The van der Waals surface area contributed by atoms with Gasteiger partial charge in [-0.3, -0.25) is 0 Å². The molecule has 1 aromatic rings. The van der Waals surface area contributed by atoms with Gasteiger partial charge in [-0.2, -0.15) is 0 Å². The van der Waals surface area contributed by atoms with Crippen LogP contribution in [0.25, 0.3) is 0 Å². The zero-order chi connectivity index (χ0) is 19.3. The number of carbonyl (C=O) groups excluding carboxylic acids is 1. The van der Waals surface area contributed by atoms with E-state index in [-0.39, 0.29) is 25.9 Å². The Kier molecular flexibility index (Phi) is 6.31. The summed E-state index contributed by atoms with van der Waals surface area (Å²) in [5.41, 5.74) is 1.52. The molecule has 1 aromatic carbocycles. The van der Waals surface area contributed by atoms with Crippen molar-refractivity contribution in [3.63, 3.8) is 0 Å². The van der Waals surface area contributed by atoms with Gasteiger partial charge in [0, 0.05) is 17.1 Å². The molecule has 3 rings (SSSR count). The van der Waals surface area contributed by atoms with Crippen LogP contribution in [0.5, 0.6) is 0 Å². The quantitative estimate of drug-likeness (QED) is 0.524. The first-order valence-corrected chi connectivity index (χ1v) is 10.9. The minimum Gasteiger partial charge on any atom is -0.748 e. The Balaban J connectivity index is 0.00000261. The molecule has 0 unspecified atom stereocenters. The normalized spacial score (nSPS) is 30.2. The second kappa shape index (κ2) is 7.57. The van der Waals surface area contributed by atoms with Gasteiger partial charge in [0.1, 0.15) is 0 Å². The summed E-state index contributed by atoms with van der Waals surface area (Å²) < 4.78 is 34.5. The van der Waals surface area contributed by atoms with Gasteiger partial charge in [-0.25, -0.2) is 8.42 Å². The van der Waals surface area contributed by atoms with Crippen LogP contribution in [0.3, 0.4) is 0 Å². The Labute approximate surface area is 174 Å². The molecule has 0 aromatic heterocycles. The molecule has 27 heavy (non-hydrogen) atoms. The average Bonchev–Trinajstić information content (AvgIpc) is 2.52. The van der Waals surface area contributed by atoms with E-state index in [1.165, 1.54) is 11.1 Å². The van der Waals surface area contributed by atoms with Crippen LogP contribution in [-0.2, 0) is 46.2 Å². The van der Waals surface area contributed by atoms with E-state index < -0.39 is 38.6 Å². The van der Waals surface area contributed by atoms with Gasteiger partial charge in [-0.15, -0.1) is 0 Å². The number of carboxylic acid groups (broad SMARTS) is 1. The standard InChI is InChI=1S/C20H28O5S.Zn/c1-13(2)14-5-7-16-15(11-14)6-8-17-19(16,3)9-4-10-20(17,18(21)22)12-26(23,24)25;/h5,7,11,13,17H,4,6,8-10,12H2,1-3H3,(H,21,22)(H,23,24,25);/q;+2/p-2/t17-,19-,20-;/m1./s1. The van der Waals surface area contributed by atoms with Gasteiger partial charge in [0.15, 0.2) is 0 Å². The van der Waals surface area contributed by atoms with Crippen LogP contribution in [0.4, 0.5) is 0 Å². The summed E-state index contributed by atoms with van der Waals surface area (Å²) in [6, 6.07) is 6.35. The van der Waals surface area contributed by atoms with Crippen LogP contribution in [0.1, 0.15) is 69.1 Å². The summed E-state index contributed by atoms with van der Waals surface area (Å²) in [6.45, 7) is 6.30. The van der Waals surface area contributed by atoms with Crippen LogP contribution >= 0.6 is 0 Å². The fourth-order valence-corrected chi connectivity index (χ4v) is 6.57. The number of carbonyl (C=O) groups is 1. The maximum absolute atomic E-state index is 12.1. The van der Waals surface area contributed by atoms with E-state index in [0.29, 0.717) is 25.2 Å². The summed E-state index contributed by atoms with van der Waals surface area (Å²) >= 11 is 0. The van der Waals surface area contributed by atoms with Crippen molar-refractivity contribution in [3.8, 4) is 0 Å². The Bertz CT molecular complexity index is 835. The minimum absolute atomic E-state index is 0. The van der Waals surface area contributed by atoms with Gasteiger partial charge in [0.05, 0.1) is 10.1 Å². The molecule has 0 N–H and O–H groups in total. The van der Waals surface area contributed by atoms with Gasteiger partial charge in [-0.1, -0.05) is 45.4 Å². The van der Waals surface area contributed by atoms with Gasteiger partial charge < -0.3 is 14.5 Å². The third-order valence-corrected chi connectivity index (χ3v) is 7.58. The van der Waals surface area contributed by atoms with E-state index in [4.69, 9.17) is 0 Å². The van der Waals surface area contributed by atoms with Crippen LogP contribution in [-0.4, -0.2) is 24.7 Å². The molecule has 1 fully saturated rings. The molecule has 1 saturated carbocycles. The van der Waals surface area contributed by atoms with Crippen molar-refractivity contribution >= 4 is 16.1 Å². The Morgan fingerprint density at radius 2 is 1.96 bits per heavy atom. The minimum atomic E-state index is -4.67. The van der Waals surface area contributed by atoms with Crippen molar-refractivity contribution in [2.24, 2.45) is 11.3 Å². The molecule has 3 atom stereocenters. The molecule has 0 heterocycles. The smallest absolute Gasteiger partial charge is 0.748 e. The van der Waals surface area contributed by atoms with Gasteiger partial charge >= 0.3 is 19.5 Å². The zero-order valence-corrected chi connectivity index (χ0v) is 20.1. The number of carboxylic acids is 1. The molecule has 0 bridgehead atoms. The van der Waals surface area contributed by atoms with Gasteiger partial charge in [-0.05, 0) is 59.6 Å². The number of rotatable bonds is 4. The van der Waals surface area contributed by atoms with Crippen molar-refractivity contribution in [1.82, 2.24) is 0 Å². The third kappa shape index (κ3) is 3.88. The van der Waals surface area contributed by atoms with E-state index in [1.54, 1.807) is 0 Å². The molecular formula is C20H26O5SZn. The number of aryl methyl sites for hydroxylation is 1. The third-order valence-electron chi connectivity index (χ3n) is 6.71. The van der Waals surface area contributed by atoms with Crippen LogP contribution < -0.4 is 5.11 Å². The second-order valence-corrected chi connectivity index (χ2v) is 9.98. The Hall–Kier alpha value is -0.777. The van der Waals surface area contributed by atoms with Crippen LogP contribution in [0.15, 0.2) is 18.2 Å². The van der Waals surface area contributed by atoms with E-state index in [1.807, 2.05) is 6.92 Å². The Morgan fingerprint density at radius 3 is 2.52 bits per heavy atom. The van der Waals surface area contributed by atoms with E-state index in [0.717, 1.165) is 12.0 Å². The van der Waals surface area contributed by atoms with Crippen molar-refractivity contribution in [3.05, 3.63) is 34.9 Å². The van der Waals surface area contributed by atoms with Crippen LogP contribution in [0, 0.1) is 11.3 Å². The molecule has 0 spiro atoms. The van der Waals surface area contributed by atoms with E-state index >= 15 is 0 Å². The van der Waals surface area contributed by atoms with Crippen molar-refractivity contribution < 1.29 is 42.3 Å². The molecule has 144 valence electrons. The molecule has 5 nitrogen and oxygen atoms in total. The topological polar surface area (TPSA) is 97.3 Å². The van der Waals surface area contributed by atoms with Gasteiger partial charge in [0.2, 0.25) is 0 Å². The van der Waals surface area contributed by atoms with E-state index in [9.17, 15) is 22.9 Å². The molecule has 0 saturated heterocycles. The molecule has 2 aliphatic carbocycles. The van der Waals surface area contributed by atoms with Gasteiger partial charge in [0.25, 0.3) is 0 Å². The SMILES string of the molecule is CC(C)c1ccc2c(c1)CC[C@H]1[C@@](CS(=O)(=O)[O-])(C(=O)[O-])CCC[C@]21C.[Zn+2]. The van der Waals surface area contributed by atoms with Crippen molar-refractivity contribution in [1.29, 1.82) is 0 Å². The summed E-state index contributed by atoms with van der Waals surface area (Å²) in [5, 5.41) is 12.1. The molecule has 0 amide bonds. The molecular weight excluding hydrogens is 418 g/mol.